The van der Waals surface area contributed by atoms with Gasteiger partial charge in [0, 0.05) is 24.1 Å². The third-order valence-corrected chi connectivity index (χ3v) is 3.25. The molecule has 0 unspecified atom stereocenters. The van der Waals surface area contributed by atoms with E-state index in [1.165, 1.54) is 11.1 Å². The Morgan fingerprint density at radius 3 is 2.74 bits per heavy atom. The van der Waals surface area contributed by atoms with Crippen LogP contribution in [0, 0.1) is 6.92 Å². The van der Waals surface area contributed by atoms with E-state index in [9.17, 15) is 0 Å². The molecule has 0 aliphatic carbocycles. The van der Waals surface area contributed by atoms with Crippen LogP contribution in [0.15, 0.2) is 30.3 Å². The molecule has 1 aromatic heterocycles. The molecule has 1 aromatic carbocycles. The Morgan fingerprint density at radius 1 is 1.21 bits per heavy atom. The molecular formula is C14H18N4S. The van der Waals surface area contributed by atoms with Gasteiger partial charge in [0.2, 0.25) is 5.95 Å². The lowest BCUT2D eigenvalue weighted by molar-refractivity contribution is 1.03. The highest BCUT2D eigenvalue weighted by molar-refractivity contribution is 7.97. The van der Waals surface area contributed by atoms with Crippen molar-refractivity contribution in [3.8, 4) is 0 Å². The molecule has 0 saturated carbocycles. The van der Waals surface area contributed by atoms with Gasteiger partial charge in [-0.15, -0.1) is 0 Å². The van der Waals surface area contributed by atoms with Crippen molar-refractivity contribution < 1.29 is 0 Å². The molecule has 0 amide bonds. The van der Waals surface area contributed by atoms with E-state index in [0.717, 1.165) is 11.4 Å². The van der Waals surface area contributed by atoms with Crippen molar-refractivity contribution in [1.29, 1.82) is 0 Å². The highest BCUT2D eigenvalue weighted by Gasteiger charge is 2.00. The van der Waals surface area contributed by atoms with Gasteiger partial charge in [0.05, 0.1) is 0 Å². The van der Waals surface area contributed by atoms with E-state index < -0.39 is 0 Å². The number of nitrogens with two attached hydrogens (primary N) is 1. The Labute approximate surface area is 117 Å². The van der Waals surface area contributed by atoms with Crippen molar-refractivity contribution in [1.82, 2.24) is 9.97 Å². The molecule has 0 aliphatic heterocycles. The van der Waals surface area contributed by atoms with Gasteiger partial charge in [-0.2, -0.15) is 16.7 Å². The molecule has 0 aliphatic rings. The van der Waals surface area contributed by atoms with Crippen molar-refractivity contribution in [3.63, 3.8) is 0 Å². The summed E-state index contributed by atoms with van der Waals surface area (Å²) >= 11 is 1.82. The number of aryl methyl sites for hydroxylation is 1. The summed E-state index contributed by atoms with van der Waals surface area (Å²) in [6, 6.07) is 10.3. The van der Waals surface area contributed by atoms with E-state index in [0.29, 0.717) is 18.3 Å². The molecule has 2 aromatic rings. The molecule has 0 saturated heterocycles. The highest BCUT2D eigenvalue weighted by Crippen LogP contribution is 2.13. The normalized spacial score (nSPS) is 10.4. The van der Waals surface area contributed by atoms with E-state index in [2.05, 4.69) is 45.8 Å². The molecule has 0 atom stereocenters. The molecule has 0 spiro atoms. The maximum absolute atomic E-state index is 5.70. The minimum atomic E-state index is 0.492. The van der Waals surface area contributed by atoms with Crippen molar-refractivity contribution in [2.24, 2.45) is 0 Å². The molecule has 4 nitrogen and oxygen atoms in total. The zero-order chi connectivity index (χ0) is 13.7. The molecule has 0 radical (unpaired) electrons. The van der Waals surface area contributed by atoms with Crippen molar-refractivity contribution in [2.45, 2.75) is 19.2 Å². The molecule has 19 heavy (non-hydrogen) atoms. The number of benzene rings is 1. The SMILES string of the molecule is CSCc1cccc(CNc2nc(C)cc(N)n2)c1. The Hall–Kier alpha value is -1.75. The van der Waals surface area contributed by atoms with Gasteiger partial charge in [-0.05, 0) is 24.3 Å². The van der Waals surface area contributed by atoms with Crippen molar-refractivity contribution >= 4 is 23.5 Å². The summed E-state index contributed by atoms with van der Waals surface area (Å²) in [7, 11) is 0. The highest BCUT2D eigenvalue weighted by atomic mass is 32.2. The minimum absolute atomic E-state index is 0.492. The molecule has 1 heterocycles. The van der Waals surface area contributed by atoms with Crippen LogP contribution >= 0.6 is 11.8 Å². The van der Waals surface area contributed by atoms with Crippen molar-refractivity contribution in [2.75, 3.05) is 17.3 Å². The first-order valence-electron chi connectivity index (χ1n) is 6.09. The fraction of sp³-hybridized carbons (Fsp3) is 0.286. The zero-order valence-electron chi connectivity index (χ0n) is 11.2. The van der Waals surface area contributed by atoms with Crippen LogP contribution in [-0.2, 0) is 12.3 Å². The second kappa shape index (κ2) is 6.43. The lowest BCUT2D eigenvalue weighted by Crippen LogP contribution is -2.06. The van der Waals surface area contributed by atoms with Gasteiger partial charge in [0.15, 0.2) is 0 Å². The Balaban J connectivity index is 2.03. The molecule has 0 fully saturated rings. The average molecular weight is 274 g/mol. The fourth-order valence-corrected chi connectivity index (χ4v) is 2.36. The van der Waals surface area contributed by atoms with Gasteiger partial charge in [0.1, 0.15) is 5.82 Å². The van der Waals surface area contributed by atoms with Crippen LogP contribution in [0.3, 0.4) is 0 Å². The van der Waals surface area contributed by atoms with Crippen LogP contribution in [0.2, 0.25) is 0 Å². The van der Waals surface area contributed by atoms with Gasteiger partial charge < -0.3 is 11.1 Å². The Kier molecular flexibility index (Phi) is 4.63. The third-order valence-electron chi connectivity index (χ3n) is 2.63. The number of thioether (sulfide) groups is 1. The molecule has 3 N–H and O–H groups in total. The standard InChI is InChI=1S/C14H18N4S/c1-10-6-13(15)18-14(17-10)16-8-11-4-3-5-12(7-11)9-19-2/h3-7H,8-9H2,1-2H3,(H3,15,16,17,18). The number of hydrogen-bond donors (Lipinski definition) is 2. The maximum atomic E-state index is 5.70. The number of nitrogen functional groups attached to an aromatic ring is 1. The molecule has 0 bridgehead atoms. The number of nitrogens with zero attached hydrogens (tertiary/aromatic N) is 2. The number of aromatic nitrogens is 2. The predicted molar refractivity (Wildman–Crippen MR) is 82.2 cm³/mol. The quantitative estimate of drug-likeness (QED) is 0.877. The Morgan fingerprint density at radius 2 is 2.00 bits per heavy atom. The third kappa shape index (κ3) is 4.13. The van der Waals surface area contributed by atoms with Crippen LogP contribution in [0.25, 0.3) is 0 Å². The van der Waals surface area contributed by atoms with Gasteiger partial charge in [-0.3, -0.25) is 0 Å². The lowest BCUT2D eigenvalue weighted by Gasteiger charge is -2.08. The molecule has 5 heteroatoms. The summed E-state index contributed by atoms with van der Waals surface area (Å²) in [6.45, 7) is 2.60. The summed E-state index contributed by atoms with van der Waals surface area (Å²) in [6.07, 6.45) is 2.11. The molecule has 2 rings (SSSR count). The van der Waals surface area contributed by atoms with E-state index in [1.807, 2.05) is 18.7 Å². The summed E-state index contributed by atoms with van der Waals surface area (Å²) in [4.78, 5) is 8.46. The van der Waals surface area contributed by atoms with Gasteiger partial charge in [-0.25, -0.2) is 4.98 Å². The number of hydrogen-bond acceptors (Lipinski definition) is 5. The van der Waals surface area contributed by atoms with Crippen LogP contribution in [0.4, 0.5) is 11.8 Å². The van der Waals surface area contributed by atoms with E-state index in [-0.39, 0.29) is 0 Å². The number of rotatable bonds is 5. The number of nitrogens with one attached hydrogen (secondary N) is 1. The first-order chi connectivity index (χ1) is 9.17. The number of anilines is 2. The maximum Gasteiger partial charge on any atom is 0.225 e. The first kappa shape index (κ1) is 13.7. The smallest absolute Gasteiger partial charge is 0.225 e. The second-order valence-corrected chi connectivity index (χ2v) is 5.23. The average Bonchev–Trinajstić information content (AvgIpc) is 2.36. The first-order valence-corrected chi connectivity index (χ1v) is 7.48. The zero-order valence-corrected chi connectivity index (χ0v) is 12.0. The second-order valence-electron chi connectivity index (χ2n) is 4.36. The minimum Gasteiger partial charge on any atom is -0.384 e. The van der Waals surface area contributed by atoms with E-state index >= 15 is 0 Å². The van der Waals surface area contributed by atoms with Crippen LogP contribution in [-0.4, -0.2) is 16.2 Å². The Bertz CT molecular complexity index is 537. The molecule has 100 valence electrons. The lowest BCUT2D eigenvalue weighted by atomic mass is 10.1. The topological polar surface area (TPSA) is 63.8 Å². The van der Waals surface area contributed by atoms with Crippen LogP contribution < -0.4 is 11.1 Å². The van der Waals surface area contributed by atoms with E-state index in [1.54, 1.807) is 6.07 Å². The fourth-order valence-electron chi connectivity index (χ4n) is 1.85. The van der Waals surface area contributed by atoms with Crippen LogP contribution in [0.1, 0.15) is 16.8 Å². The molecular weight excluding hydrogens is 256 g/mol. The van der Waals surface area contributed by atoms with E-state index in [4.69, 9.17) is 5.73 Å². The predicted octanol–water partition coefficient (Wildman–Crippen LogP) is 2.84. The summed E-state index contributed by atoms with van der Waals surface area (Å²) in [5, 5.41) is 3.20. The summed E-state index contributed by atoms with van der Waals surface area (Å²) < 4.78 is 0. The monoisotopic (exact) mass is 274 g/mol. The van der Waals surface area contributed by atoms with Gasteiger partial charge in [0.25, 0.3) is 0 Å². The summed E-state index contributed by atoms with van der Waals surface area (Å²) in [5.41, 5.74) is 9.11. The van der Waals surface area contributed by atoms with Gasteiger partial charge >= 0.3 is 0 Å². The summed E-state index contributed by atoms with van der Waals surface area (Å²) in [5.74, 6) is 2.10. The van der Waals surface area contributed by atoms with Gasteiger partial charge in [-0.1, -0.05) is 24.3 Å². The largest absolute Gasteiger partial charge is 0.384 e. The van der Waals surface area contributed by atoms with Crippen LogP contribution in [0.5, 0.6) is 0 Å². The van der Waals surface area contributed by atoms with Crippen molar-refractivity contribution in [3.05, 3.63) is 47.2 Å².